The minimum atomic E-state index is -0.0154. The van der Waals surface area contributed by atoms with Crippen LogP contribution in [0.1, 0.15) is 12.8 Å². The van der Waals surface area contributed by atoms with Gasteiger partial charge in [0.25, 0.3) is 0 Å². The molecule has 1 aromatic heterocycles. The zero-order valence-electron chi connectivity index (χ0n) is 10.8. The van der Waals surface area contributed by atoms with Gasteiger partial charge in [0.05, 0.1) is 10.9 Å². The zero-order chi connectivity index (χ0) is 13.7. The number of piperidine rings is 1. The van der Waals surface area contributed by atoms with Gasteiger partial charge in [-0.2, -0.15) is 0 Å². The van der Waals surface area contributed by atoms with Crippen molar-refractivity contribution in [3.63, 3.8) is 0 Å². The molecule has 1 aromatic rings. The Morgan fingerprint density at radius 2 is 2.47 bits per heavy atom. The number of nitrogens with one attached hydrogen (secondary N) is 1. The molecule has 1 amide bonds. The van der Waals surface area contributed by atoms with Gasteiger partial charge in [-0.05, 0) is 25.0 Å². The van der Waals surface area contributed by atoms with E-state index in [4.69, 9.17) is 17.3 Å². The van der Waals surface area contributed by atoms with E-state index in [0.717, 1.165) is 25.2 Å². The summed E-state index contributed by atoms with van der Waals surface area (Å²) in [6.07, 6.45) is 3.59. The first kappa shape index (κ1) is 14.1. The van der Waals surface area contributed by atoms with E-state index in [1.54, 1.807) is 12.3 Å². The molecule has 1 saturated heterocycles. The predicted molar refractivity (Wildman–Crippen MR) is 76.2 cm³/mol. The van der Waals surface area contributed by atoms with Crippen molar-refractivity contribution in [3.8, 4) is 0 Å². The number of amides is 1. The zero-order valence-corrected chi connectivity index (χ0v) is 11.6. The quantitative estimate of drug-likeness (QED) is 0.865. The Balaban J connectivity index is 2.01. The van der Waals surface area contributed by atoms with Gasteiger partial charge in [-0.25, -0.2) is 4.98 Å². The molecule has 1 aliphatic rings. The van der Waals surface area contributed by atoms with E-state index >= 15 is 0 Å². The second-order valence-corrected chi connectivity index (χ2v) is 5.08. The van der Waals surface area contributed by atoms with Gasteiger partial charge in [-0.3, -0.25) is 4.79 Å². The van der Waals surface area contributed by atoms with E-state index < -0.39 is 0 Å². The van der Waals surface area contributed by atoms with Crippen LogP contribution in [0.4, 0.5) is 5.82 Å². The number of nitrogens with two attached hydrogens (primary N) is 1. The molecule has 6 heteroatoms. The van der Waals surface area contributed by atoms with E-state index in [0.29, 0.717) is 24.7 Å². The SMILES string of the molecule is NCCNC(=O)C1CCCN(c2ncccc2Cl)C1. The first-order valence-corrected chi connectivity index (χ1v) is 6.93. The molecule has 3 N–H and O–H groups in total. The van der Waals surface area contributed by atoms with Crippen molar-refractivity contribution in [3.05, 3.63) is 23.4 Å². The fourth-order valence-corrected chi connectivity index (χ4v) is 2.57. The number of hydrogen-bond donors (Lipinski definition) is 2. The minimum absolute atomic E-state index is 0.0154. The molecule has 19 heavy (non-hydrogen) atoms. The summed E-state index contributed by atoms with van der Waals surface area (Å²) in [6, 6.07) is 3.63. The van der Waals surface area contributed by atoms with Crippen LogP contribution >= 0.6 is 11.6 Å². The number of pyridine rings is 1. The standard InChI is InChI=1S/C13H19ClN4O/c14-11-4-1-6-16-12(11)18-8-2-3-10(9-18)13(19)17-7-5-15/h1,4,6,10H,2-3,5,7-9,15H2,(H,17,19). The number of rotatable bonds is 4. The van der Waals surface area contributed by atoms with Gasteiger partial charge in [-0.1, -0.05) is 11.6 Å². The van der Waals surface area contributed by atoms with Crippen LogP contribution in [0.5, 0.6) is 0 Å². The predicted octanol–water partition coefficient (Wildman–Crippen LogP) is 1.03. The van der Waals surface area contributed by atoms with Crippen LogP contribution in [0.15, 0.2) is 18.3 Å². The smallest absolute Gasteiger partial charge is 0.224 e. The van der Waals surface area contributed by atoms with E-state index in [1.807, 2.05) is 6.07 Å². The fraction of sp³-hybridized carbons (Fsp3) is 0.538. The van der Waals surface area contributed by atoms with E-state index in [-0.39, 0.29) is 11.8 Å². The number of hydrogen-bond acceptors (Lipinski definition) is 4. The molecule has 1 fully saturated rings. The molecule has 104 valence electrons. The Kier molecular flexibility index (Phi) is 4.99. The summed E-state index contributed by atoms with van der Waals surface area (Å²) in [7, 11) is 0. The molecule has 0 aliphatic carbocycles. The molecule has 2 heterocycles. The van der Waals surface area contributed by atoms with Gasteiger partial charge in [0.2, 0.25) is 5.91 Å². The van der Waals surface area contributed by atoms with Gasteiger partial charge in [0.15, 0.2) is 0 Å². The number of carbonyl (C=O) groups excluding carboxylic acids is 1. The Bertz CT molecular complexity index is 440. The maximum atomic E-state index is 12.0. The molecule has 0 bridgehead atoms. The Hall–Kier alpha value is -1.33. The Morgan fingerprint density at radius 1 is 1.63 bits per heavy atom. The second-order valence-electron chi connectivity index (χ2n) is 4.67. The van der Waals surface area contributed by atoms with Crippen molar-refractivity contribution in [1.82, 2.24) is 10.3 Å². The van der Waals surface area contributed by atoms with Crippen molar-refractivity contribution in [1.29, 1.82) is 0 Å². The lowest BCUT2D eigenvalue weighted by molar-refractivity contribution is -0.125. The summed E-state index contributed by atoms with van der Waals surface area (Å²) in [5, 5.41) is 3.47. The average molecular weight is 283 g/mol. The summed E-state index contributed by atoms with van der Waals surface area (Å²) in [6.45, 7) is 2.54. The maximum Gasteiger partial charge on any atom is 0.224 e. The van der Waals surface area contributed by atoms with Crippen LogP contribution in [0.25, 0.3) is 0 Å². The first-order chi connectivity index (χ1) is 9.22. The van der Waals surface area contributed by atoms with Gasteiger partial charge >= 0.3 is 0 Å². The lowest BCUT2D eigenvalue weighted by Gasteiger charge is -2.33. The highest BCUT2D eigenvalue weighted by Crippen LogP contribution is 2.27. The summed E-state index contributed by atoms with van der Waals surface area (Å²) in [4.78, 5) is 18.4. The van der Waals surface area contributed by atoms with Crippen molar-refractivity contribution < 1.29 is 4.79 Å². The lowest BCUT2D eigenvalue weighted by atomic mass is 9.97. The van der Waals surface area contributed by atoms with Crippen LogP contribution in [-0.4, -0.2) is 37.1 Å². The van der Waals surface area contributed by atoms with Gasteiger partial charge < -0.3 is 16.0 Å². The molecule has 1 atom stereocenters. The topological polar surface area (TPSA) is 71.2 Å². The highest BCUT2D eigenvalue weighted by atomic mass is 35.5. The van der Waals surface area contributed by atoms with E-state index in [1.165, 1.54) is 0 Å². The lowest BCUT2D eigenvalue weighted by Crippen LogP contribution is -2.44. The molecular weight excluding hydrogens is 264 g/mol. The number of halogens is 1. The number of aromatic nitrogens is 1. The molecule has 5 nitrogen and oxygen atoms in total. The molecule has 0 spiro atoms. The third-order valence-electron chi connectivity index (χ3n) is 3.27. The highest BCUT2D eigenvalue weighted by molar-refractivity contribution is 6.32. The maximum absolute atomic E-state index is 12.0. The van der Waals surface area contributed by atoms with Crippen molar-refractivity contribution in [2.24, 2.45) is 11.7 Å². The van der Waals surface area contributed by atoms with Crippen molar-refractivity contribution in [2.75, 3.05) is 31.1 Å². The molecular formula is C13H19ClN4O. The van der Waals surface area contributed by atoms with Gasteiger partial charge in [0, 0.05) is 32.4 Å². The number of nitrogens with zero attached hydrogens (tertiary/aromatic N) is 2. The molecule has 0 aromatic carbocycles. The summed E-state index contributed by atoms with van der Waals surface area (Å²) in [5.74, 6) is 0.820. The second kappa shape index (κ2) is 6.73. The number of carbonyl (C=O) groups is 1. The Morgan fingerprint density at radius 3 is 3.21 bits per heavy atom. The van der Waals surface area contributed by atoms with Crippen LogP contribution in [0.3, 0.4) is 0 Å². The van der Waals surface area contributed by atoms with Crippen molar-refractivity contribution >= 4 is 23.3 Å². The van der Waals surface area contributed by atoms with Crippen LogP contribution in [0, 0.1) is 5.92 Å². The summed E-state index contributed by atoms with van der Waals surface area (Å²) in [5.41, 5.74) is 5.39. The fourth-order valence-electron chi connectivity index (χ4n) is 2.33. The third-order valence-corrected chi connectivity index (χ3v) is 3.57. The van der Waals surface area contributed by atoms with Crippen LogP contribution in [-0.2, 0) is 4.79 Å². The summed E-state index contributed by atoms with van der Waals surface area (Å²) < 4.78 is 0. The van der Waals surface area contributed by atoms with Crippen LogP contribution < -0.4 is 16.0 Å². The molecule has 0 radical (unpaired) electrons. The minimum Gasteiger partial charge on any atom is -0.355 e. The molecule has 1 unspecified atom stereocenters. The molecule has 0 saturated carbocycles. The monoisotopic (exact) mass is 282 g/mol. The van der Waals surface area contributed by atoms with Crippen molar-refractivity contribution in [2.45, 2.75) is 12.8 Å². The average Bonchev–Trinajstić information content (AvgIpc) is 2.45. The normalized spacial score (nSPS) is 19.3. The summed E-state index contributed by atoms with van der Waals surface area (Å²) >= 11 is 6.15. The number of anilines is 1. The van der Waals surface area contributed by atoms with Gasteiger partial charge in [-0.15, -0.1) is 0 Å². The van der Waals surface area contributed by atoms with Crippen LogP contribution in [0.2, 0.25) is 5.02 Å². The first-order valence-electron chi connectivity index (χ1n) is 6.55. The highest BCUT2D eigenvalue weighted by Gasteiger charge is 2.26. The molecule has 2 rings (SSSR count). The molecule has 1 aliphatic heterocycles. The van der Waals surface area contributed by atoms with E-state index in [9.17, 15) is 4.79 Å². The van der Waals surface area contributed by atoms with Gasteiger partial charge in [0.1, 0.15) is 5.82 Å². The third kappa shape index (κ3) is 3.58. The van der Waals surface area contributed by atoms with E-state index in [2.05, 4.69) is 15.2 Å². The Labute approximate surface area is 118 Å². The largest absolute Gasteiger partial charge is 0.355 e.